The van der Waals surface area contributed by atoms with E-state index in [0.29, 0.717) is 23.0 Å². The number of methoxy groups -OCH3 is 2. The predicted molar refractivity (Wildman–Crippen MR) is 89.9 cm³/mol. The maximum Gasteiger partial charge on any atom is 0.244 e. The fourth-order valence-corrected chi connectivity index (χ4v) is 3.34. The van der Waals surface area contributed by atoms with Crippen molar-refractivity contribution < 1.29 is 14.2 Å². The van der Waals surface area contributed by atoms with E-state index in [2.05, 4.69) is 32.2 Å². The molecule has 0 spiro atoms. The highest BCUT2D eigenvalue weighted by atomic mass is 79.9. The molecule has 0 bridgehead atoms. The number of nitrogens with one attached hydrogen (secondary N) is 1. The van der Waals surface area contributed by atoms with Crippen molar-refractivity contribution in [3.05, 3.63) is 44.9 Å². The van der Waals surface area contributed by atoms with Crippen molar-refractivity contribution in [3.8, 4) is 23.4 Å². The Bertz CT molecular complexity index is 882. The molecule has 0 radical (unpaired) electrons. The van der Waals surface area contributed by atoms with Gasteiger partial charge in [0, 0.05) is 21.3 Å². The molecule has 0 saturated heterocycles. The SMILES string of the molecule is COc1cc(Br)cc(C2C(C#N)=C(N)Oc3n[nH]c(C)c32)c1OC. The van der Waals surface area contributed by atoms with Crippen molar-refractivity contribution >= 4 is 15.9 Å². The number of aromatic nitrogens is 2. The summed E-state index contributed by atoms with van der Waals surface area (Å²) in [5.41, 5.74) is 8.51. The molecule has 2 aromatic rings. The third-order valence-electron chi connectivity index (χ3n) is 3.91. The Balaban J connectivity index is 2.34. The summed E-state index contributed by atoms with van der Waals surface area (Å²) in [5, 5.41) is 16.6. The van der Waals surface area contributed by atoms with E-state index in [0.717, 1.165) is 21.3 Å². The van der Waals surface area contributed by atoms with Crippen molar-refractivity contribution in [2.24, 2.45) is 5.73 Å². The second kappa shape index (κ2) is 6.09. The predicted octanol–water partition coefficient (Wildman–Crippen LogP) is 2.72. The number of aryl methyl sites for hydroxylation is 1. The van der Waals surface area contributed by atoms with Gasteiger partial charge < -0.3 is 19.9 Å². The first-order valence-electron chi connectivity index (χ1n) is 7.05. The zero-order chi connectivity index (χ0) is 17.4. The average Bonchev–Trinajstić information content (AvgIpc) is 2.93. The van der Waals surface area contributed by atoms with Gasteiger partial charge in [-0.15, -0.1) is 5.10 Å². The lowest BCUT2D eigenvalue weighted by Crippen LogP contribution is -2.21. The molecule has 0 amide bonds. The number of hydrogen-bond acceptors (Lipinski definition) is 6. The van der Waals surface area contributed by atoms with E-state index >= 15 is 0 Å². The number of halogens is 1. The van der Waals surface area contributed by atoms with Crippen LogP contribution in [0.2, 0.25) is 0 Å². The molecule has 1 unspecified atom stereocenters. The average molecular weight is 391 g/mol. The molecule has 3 N–H and O–H groups in total. The highest BCUT2D eigenvalue weighted by Crippen LogP contribution is 2.48. The Kier molecular flexibility index (Phi) is 4.11. The Morgan fingerprint density at radius 3 is 2.75 bits per heavy atom. The molecule has 1 aromatic carbocycles. The van der Waals surface area contributed by atoms with Gasteiger partial charge in [0.1, 0.15) is 11.6 Å². The fourth-order valence-electron chi connectivity index (χ4n) is 2.88. The summed E-state index contributed by atoms with van der Waals surface area (Å²) in [7, 11) is 3.11. The van der Waals surface area contributed by atoms with Gasteiger partial charge in [-0.05, 0) is 19.1 Å². The zero-order valence-electron chi connectivity index (χ0n) is 13.3. The maximum atomic E-state index is 9.62. The minimum absolute atomic E-state index is 0.0301. The number of nitriles is 1. The van der Waals surface area contributed by atoms with Gasteiger partial charge in [-0.25, -0.2) is 0 Å². The van der Waals surface area contributed by atoms with Crippen molar-refractivity contribution in [1.82, 2.24) is 10.2 Å². The van der Waals surface area contributed by atoms with E-state index in [1.54, 1.807) is 20.3 Å². The zero-order valence-corrected chi connectivity index (χ0v) is 14.9. The number of H-pyrrole nitrogens is 1. The van der Waals surface area contributed by atoms with Crippen molar-refractivity contribution in [3.63, 3.8) is 0 Å². The van der Waals surface area contributed by atoms with Crippen molar-refractivity contribution in [1.29, 1.82) is 5.26 Å². The number of aromatic amines is 1. The molecule has 8 heteroatoms. The molecular weight excluding hydrogens is 376 g/mol. The summed E-state index contributed by atoms with van der Waals surface area (Å²) in [6.45, 7) is 1.86. The lowest BCUT2D eigenvalue weighted by molar-refractivity contribution is 0.348. The maximum absolute atomic E-state index is 9.62. The Hall–Kier alpha value is -2.66. The number of allylic oxidation sites excluding steroid dienone is 1. The minimum Gasteiger partial charge on any atom is -0.493 e. The first kappa shape index (κ1) is 16.2. The van der Waals surface area contributed by atoms with Crippen LogP contribution in [0.25, 0.3) is 0 Å². The van der Waals surface area contributed by atoms with Crippen LogP contribution in [0.1, 0.15) is 22.7 Å². The molecule has 2 heterocycles. The summed E-state index contributed by atoms with van der Waals surface area (Å²) in [5.74, 6) is 0.989. The van der Waals surface area contributed by atoms with Crippen LogP contribution in [-0.4, -0.2) is 24.4 Å². The van der Waals surface area contributed by atoms with Crippen LogP contribution in [0.4, 0.5) is 0 Å². The second-order valence-electron chi connectivity index (χ2n) is 5.22. The number of ether oxygens (including phenoxy) is 3. The number of fused-ring (bicyclic) bond motifs is 1. The van der Waals surface area contributed by atoms with Crippen molar-refractivity contribution in [2.45, 2.75) is 12.8 Å². The van der Waals surface area contributed by atoms with Crippen molar-refractivity contribution in [2.75, 3.05) is 14.2 Å². The first-order chi connectivity index (χ1) is 11.5. The van der Waals surface area contributed by atoms with Gasteiger partial charge in [-0.3, -0.25) is 5.10 Å². The second-order valence-corrected chi connectivity index (χ2v) is 6.14. The third-order valence-corrected chi connectivity index (χ3v) is 4.37. The molecule has 1 atom stereocenters. The first-order valence-corrected chi connectivity index (χ1v) is 7.85. The molecule has 0 saturated carbocycles. The summed E-state index contributed by atoms with van der Waals surface area (Å²) in [6.07, 6.45) is 0. The molecule has 24 heavy (non-hydrogen) atoms. The molecule has 1 aliphatic heterocycles. The number of nitrogens with zero attached hydrogens (tertiary/aromatic N) is 2. The quantitative estimate of drug-likeness (QED) is 0.834. The van der Waals surface area contributed by atoms with Crippen LogP contribution < -0.4 is 19.9 Å². The molecular formula is C16H15BrN4O3. The van der Waals surface area contributed by atoms with E-state index < -0.39 is 5.92 Å². The van der Waals surface area contributed by atoms with Crippen LogP contribution in [0.3, 0.4) is 0 Å². The lowest BCUT2D eigenvalue weighted by atomic mass is 9.83. The van der Waals surface area contributed by atoms with E-state index in [-0.39, 0.29) is 5.88 Å². The normalized spacial score (nSPS) is 16.2. The number of nitrogens with two attached hydrogens (primary N) is 1. The number of hydrogen-bond donors (Lipinski definition) is 2. The van der Waals surface area contributed by atoms with E-state index in [1.807, 2.05) is 13.0 Å². The monoisotopic (exact) mass is 390 g/mol. The molecule has 124 valence electrons. The largest absolute Gasteiger partial charge is 0.493 e. The highest BCUT2D eigenvalue weighted by molar-refractivity contribution is 9.10. The van der Waals surface area contributed by atoms with E-state index in [1.165, 1.54) is 0 Å². The van der Waals surface area contributed by atoms with Gasteiger partial charge in [0.15, 0.2) is 11.5 Å². The van der Waals surface area contributed by atoms with Gasteiger partial charge in [0.05, 0.1) is 20.1 Å². The van der Waals surface area contributed by atoms with Crippen LogP contribution >= 0.6 is 15.9 Å². The van der Waals surface area contributed by atoms with Crippen LogP contribution in [0.5, 0.6) is 17.4 Å². The van der Waals surface area contributed by atoms with Gasteiger partial charge in [-0.2, -0.15) is 5.26 Å². The lowest BCUT2D eigenvalue weighted by Gasteiger charge is -2.25. The molecule has 0 aliphatic carbocycles. The number of benzene rings is 1. The summed E-state index contributed by atoms with van der Waals surface area (Å²) < 4.78 is 17.2. The number of rotatable bonds is 3. The van der Waals surface area contributed by atoms with Gasteiger partial charge in [0.25, 0.3) is 0 Å². The third kappa shape index (κ3) is 2.37. The Labute approximate surface area is 147 Å². The van der Waals surface area contributed by atoms with Gasteiger partial charge in [0.2, 0.25) is 11.8 Å². The summed E-state index contributed by atoms with van der Waals surface area (Å²) in [6, 6.07) is 5.81. The van der Waals surface area contributed by atoms with Crippen LogP contribution in [-0.2, 0) is 0 Å². The van der Waals surface area contributed by atoms with Gasteiger partial charge in [-0.1, -0.05) is 15.9 Å². The molecule has 1 aliphatic rings. The summed E-state index contributed by atoms with van der Waals surface area (Å²) in [4.78, 5) is 0. The smallest absolute Gasteiger partial charge is 0.244 e. The Morgan fingerprint density at radius 1 is 1.38 bits per heavy atom. The molecule has 1 aromatic heterocycles. The van der Waals surface area contributed by atoms with Crippen LogP contribution in [0, 0.1) is 18.3 Å². The fraction of sp³-hybridized carbons (Fsp3) is 0.250. The summed E-state index contributed by atoms with van der Waals surface area (Å²) >= 11 is 3.47. The molecule has 7 nitrogen and oxygen atoms in total. The van der Waals surface area contributed by atoms with Crippen LogP contribution in [0.15, 0.2) is 28.1 Å². The molecule has 3 rings (SSSR count). The highest BCUT2D eigenvalue weighted by Gasteiger charge is 2.36. The Morgan fingerprint density at radius 2 is 2.12 bits per heavy atom. The minimum atomic E-state index is -0.473. The molecule has 0 fully saturated rings. The van der Waals surface area contributed by atoms with E-state index in [9.17, 15) is 5.26 Å². The topological polar surface area (TPSA) is 106 Å². The standard InChI is InChI=1S/C16H15BrN4O3/c1-7-12-13(10(6-18)15(19)24-16(12)21-20-7)9-4-8(17)5-11(22-2)14(9)23-3/h4-5,13H,19H2,1-3H3,(H,20,21). The van der Waals surface area contributed by atoms with E-state index in [4.69, 9.17) is 19.9 Å². The van der Waals surface area contributed by atoms with Gasteiger partial charge >= 0.3 is 0 Å².